The third kappa shape index (κ3) is 3.41. The van der Waals surface area contributed by atoms with E-state index in [1.807, 2.05) is 33.0 Å². The van der Waals surface area contributed by atoms with Crippen LogP contribution in [0.15, 0.2) is 30.5 Å². The van der Waals surface area contributed by atoms with Crippen LogP contribution >= 0.6 is 0 Å². The molecule has 1 aromatic carbocycles. The summed E-state index contributed by atoms with van der Waals surface area (Å²) in [5.74, 6) is -0.741. The van der Waals surface area contributed by atoms with E-state index in [0.29, 0.717) is 12.8 Å². The molecule has 130 valence electrons. The maximum atomic E-state index is 13.0. The number of aryl methyl sites for hydroxylation is 4. The SMILES string of the molecule is CCc1ccc(CC2CC(=O)C(c3c(C)cc(C)cc3C)C2=O)nc1. The maximum Gasteiger partial charge on any atom is 0.151 e. The van der Waals surface area contributed by atoms with Gasteiger partial charge in [0.1, 0.15) is 11.7 Å². The molecule has 3 heteroatoms. The Balaban J connectivity index is 1.85. The van der Waals surface area contributed by atoms with Gasteiger partial charge in [-0.25, -0.2) is 0 Å². The smallest absolute Gasteiger partial charge is 0.151 e. The van der Waals surface area contributed by atoms with E-state index >= 15 is 0 Å². The number of pyridine rings is 1. The minimum absolute atomic E-state index is 0.0511. The number of nitrogens with zero attached hydrogens (tertiary/aromatic N) is 1. The second-order valence-corrected chi connectivity index (χ2v) is 7.23. The summed E-state index contributed by atoms with van der Waals surface area (Å²) in [6, 6.07) is 8.14. The fourth-order valence-corrected chi connectivity index (χ4v) is 4.02. The van der Waals surface area contributed by atoms with Crippen molar-refractivity contribution in [2.75, 3.05) is 0 Å². The molecule has 1 aliphatic rings. The minimum atomic E-state index is -0.597. The van der Waals surface area contributed by atoms with E-state index < -0.39 is 5.92 Å². The summed E-state index contributed by atoms with van der Waals surface area (Å²) in [6.45, 7) is 8.12. The topological polar surface area (TPSA) is 47.0 Å². The van der Waals surface area contributed by atoms with Crippen LogP contribution in [0.1, 0.15) is 52.8 Å². The minimum Gasteiger partial charge on any atom is -0.298 e. The number of ketones is 2. The molecule has 2 unspecified atom stereocenters. The molecule has 25 heavy (non-hydrogen) atoms. The molecular formula is C22H25NO2. The number of aromatic nitrogens is 1. The van der Waals surface area contributed by atoms with Crippen LogP contribution in [0.2, 0.25) is 0 Å². The number of benzene rings is 1. The van der Waals surface area contributed by atoms with Crippen LogP contribution in [0.25, 0.3) is 0 Å². The summed E-state index contributed by atoms with van der Waals surface area (Å²) in [4.78, 5) is 30.1. The van der Waals surface area contributed by atoms with E-state index in [4.69, 9.17) is 0 Å². The highest BCUT2D eigenvalue weighted by atomic mass is 16.2. The molecular weight excluding hydrogens is 310 g/mol. The summed E-state index contributed by atoms with van der Waals surface area (Å²) in [7, 11) is 0. The highest BCUT2D eigenvalue weighted by Crippen LogP contribution is 2.37. The van der Waals surface area contributed by atoms with Gasteiger partial charge in [-0.1, -0.05) is 30.7 Å². The first kappa shape index (κ1) is 17.5. The van der Waals surface area contributed by atoms with Gasteiger partial charge in [-0.15, -0.1) is 0 Å². The first-order valence-electron chi connectivity index (χ1n) is 8.98. The molecule has 0 saturated heterocycles. The zero-order chi connectivity index (χ0) is 18.1. The molecule has 1 aromatic heterocycles. The highest BCUT2D eigenvalue weighted by molar-refractivity contribution is 6.15. The quantitative estimate of drug-likeness (QED) is 0.792. The van der Waals surface area contributed by atoms with Crippen LogP contribution in [-0.4, -0.2) is 16.6 Å². The Bertz CT molecular complexity index is 797. The molecule has 3 nitrogen and oxygen atoms in total. The first-order chi connectivity index (χ1) is 11.9. The molecule has 2 aromatic rings. The van der Waals surface area contributed by atoms with Crippen molar-refractivity contribution < 1.29 is 9.59 Å². The van der Waals surface area contributed by atoms with Gasteiger partial charge in [-0.2, -0.15) is 0 Å². The molecule has 0 spiro atoms. The predicted octanol–water partition coefficient (Wildman–Crippen LogP) is 4.05. The Labute approximate surface area is 149 Å². The lowest BCUT2D eigenvalue weighted by atomic mass is 9.86. The van der Waals surface area contributed by atoms with Crippen molar-refractivity contribution in [3.05, 3.63) is 64.0 Å². The van der Waals surface area contributed by atoms with Gasteiger partial charge in [0.15, 0.2) is 5.78 Å². The molecule has 2 atom stereocenters. The second-order valence-electron chi connectivity index (χ2n) is 7.23. The Morgan fingerprint density at radius 1 is 1.08 bits per heavy atom. The monoisotopic (exact) mass is 335 g/mol. The molecule has 1 heterocycles. The standard InChI is InChI=1S/C22H25NO2/c1-5-16-6-7-18(23-12-16)10-17-11-19(24)21(22(17)25)20-14(3)8-13(2)9-15(20)4/h6-9,12,17,21H,5,10-11H2,1-4H3. The lowest BCUT2D eigenvalue weighted by molar-refractivity contribution is -0.124. The molecule has 1 aliphatic carbocycles. The van der Waals surface area contributed by atoms with Crippen molar-refractivity contribution in [2.45, 2.75) is 52.9 Å². The highest BCUT2D eigenvalue weighted by Gasteiger charge is 2.43. The van der Waals surface area contributed by atoms with Gasteiger partial charge in [-0.05, 0) is 61.9 Å². The van der Waals surface area contributed by atoms with Crippen molar-refractivity contribution >= 4 is 11.6 Å². The van der Waals surface area contributed by atoms with E-state index in [2.05, 4.69) is 30.1 Å². The molecule has 0 radical (unpaired) electrons. The van der Waals surface area contributed by atoms with Crippen molar-refractivity contribution in [2.24, 2.45) is 5.92 Å². The maximum absolute atomic E-state index is 13.0. The van der Waals surface area contributed by atoms with Gasteiger partial charge in [0.05, 0.1) is 0 Å². The lowest BCUT2D eigenvalue weighted by Gasteiger charge is -2.16. The van der Waals surface area contributed by atoms with E-state index in [1.54, 1.807) is 0 Å². The number of Topliss-reactive ketones (excluding diaryl/α,β-unsaturated/α-hetero) is 2. The predicted molar refractivity (Wildman–Crippen MR) is 98.8 cm³/mol. The number of hydrogen-bond donors (Lipinski definition) is 0. The van der Waals surface area contributed by atoms with Crippen molar-refractivity contribution in [1.29, 1.82) is 0 Å². The number of carbonyl (C=O) groups excluding carboxylic acids is 2. The van der Waals surface area contributed by atoms with Crippen LogP contribution in [0, 0.1) is 26.7 Å². The Morgan fingerprint density at radius 3 is 2.32 bits per heavy atom. The average molecular weight is 335 g/mol. The summed E-state index contributed by atoms with van der Waals surface area (Å²) in [5.41, 5.74) is 6.22. The molecule has 1 saturated carbocycles. The molecule has 0 amide bonds. The second kappa shape index (κ2) is 6.91. The third-order valence-corrected chi connectivity index (χ3v) is 5.23. The number of carbonyl (C=O) groups is 2. The molecule has 1 fully saturated rings. The fraction of sp³-hybridized carbons (Fsp3) is 0.409. The van der Waals surface area contributed by atoms with Crippen molar-refractivity contribution in [3.8, 4) is 0 Å². The summed E-state index contributed by atoms with van der Waals surface area (Å²) >= 11 is 0. The average Bonchev–Trinajstić information content (AvgIpc) is 2.82. The van der Waals surface area contributed by atoms with Gasteiger partial charge < -0.3 is 0 Å². The van der Waals surface area contributed by atoms with E-state index in [-0.39, 0.29) is 17.5 Å². The fourth-order valence-electron chi connectivity index (χ4n) is 4.02. The first-order valence-corrected chi connectivity index (χ1v) is 8.98. The molecule has 0 N–H and O–H groups in total. The van der Waals surface area contributed by atoms with Crippen LogP contribution in [-0.2, 0) is 22.4 Å². The van der Waals surface area contributed by atoms with E-state index in [1.165, 1.54) is 5.56 Å². The van der Waals surface area contributed by atoms with Gasteiger partial charge in [0, 0.05) is 24.2 Å². The normalized spacial score (nSPS) is 20.3. The Kier molecular flexibility index (Phi) is 4.85. The zero-order valence-electron chi connectivity index (χ0n) is 15.4. The zero-order valence-corrected chi connectivity index (χ0v) is 15.4. The number of rotatable bonds is 4. The molecule has 0 bridgehead atoms. The van der Waals surface area contributed by atoms with Gasteiger partial charge in [0.2, 0.25) is 0 Å². The molecule has 3 rings (SSSR count). The summed E-state index contributed by atoms with van der Waals surface area (Å²) in [5, 5.41) is 0. The largest absolute Gasteiger partial charge is 0.298 e. The van der Waals surface area contributed by atoms with Crippen molar-refractivity contribution in [3.63, 3.8) is 0 Å². The Hall–Kier alpha value is -2.29. The van der Waals surface area contributed by atoms with Gasteiger partial charge in [-0.3, -0.25) is 14.6 Å². The summed E-state index contributed by atoms with van der Waals surface area (Å²) in [6.07, 6.45) is 3.69. The number of hydrogen-bond acceptors (Lipinski definition) is 3. The lowest BCUT2D eigenvalue weighted by Crippen LogP contribution is -2.19. The van der Waals surface area contributed by atoms with Crippen LogP contribution in [0.4, 0.5) is 0 Å². The molecule has 0 aliphatic heterocycles. The van der Waals surface area contributed by atoms with Crippen LogP contribution in [0.3, 0.4) is 0 Å². The third-order valence-electron chi connectivity index (χ3n) is 5.23. The van der Waals surface area contributed by atoms with Crippen LogP contribution < -0.4 is 0 Å². The van der Waals surface area contributed by atoms with Gasteiger partial charge >= 0.3 is 0 Å². The van der Waals surface area contributed by atoms with Crippen LogP contribution in [0.5, 0.6) is 0 Å². The van der Waals surface area contributed by atoms with E-state index in [9.17, 15) is 9.59 Å². The Morgan fingerprint density at radius 2 is 1.76 bits per heavy atom. The van der Waals surface area contributed by atoms with Crippen molar-refractivity contribution in [1.82, 2.24) is 4.98 Å². The summed E-state index contributed by atoms with van der Waals surface area (Å²) < 4.78 is 0. The van der Waals surface area contributed by atoms with Gasteiger partial charge in [0.25, 0.3) is 0 Å². The van der Waals surface area contributed by atoms with E-state index in [0.717, 1.165) is 34.4 Å².